The van der Waals surface area contributed by atoms with Gasteiger partial charge in [0.05, 0.1) is 17.9 Å². The lowest BCUT2D eigenvalue weighted by molar-refractivity contribution is 0.377. The molecule has 0 spiro atoms. The Balaban J connectivity index is 3.45. The SMILES string of the molecule is CCNC(c1cc(F)ccc1OC)C(C)(C)S(C)(=O)=O. The van der Waals surface area contributed by atoms with Crippen molar-refractivity contribution >= 4 is 9.84 Å². The second-order valence-electron chi connectivity index (χ2n) is 5.25. The normalized spacial score (nSPS) is 14.1. The number of benzene rings is 1. The number of rotatable bonds is 6. The summed E-state index contributed by atoms with van der Waals surface area (Å²) in [5.41, 5.74) is 0.504. The van der Waals surface area contributed by atoms with Crippen molar-refractivity contribution in [3.05, 3.63) is 29.6 Å². The lowest BCUT2D eigenvalue weighted by atomic mass is 9.94. The van der Waals surface area contributed by atoms with Gasteiger partial charge in [0.15, 0.2) is 9.84 Å². The molecular weight excluding hydrogens is 281 g/mol. The highest BCUT2D eigenvalue weighted by molar-refractivity contribution is 7.92. The van der Waals surface area contributed by atoms with Crippen LogP contribution in [0.25, 0.3) is 0 Å². The number of sulfone groups is 1. The van der Waals surface area contributed by atoms with E-state index in [4.69, 9.17) is 4.74 Å². The molecule has 20 heavy (non-hydrogen) atoms. The van der Waals surface area contributed by atoms with Crippen LogP contribution < -0.4 is 10.1 Å². The van der Waals surface area contributed by atoms with E-state index in [1.54, 1.807) is 13.8 Å². The summed E-state index contributed by atoms with van der Waals surface area (Å²) >= 11 is 0. The summed E-state index contributed by atoms with van der Waals surface area (Å²) in [6.45, 7) is 5.68. The predicted octanol–water partition coefficient (Wildman–Crippen LogP) is 2.31. The summed E-state index contributed by atoms with van der Waals surface area (Å²) in [7, 11) is -1.87. The van der Waals surface area contributed by atoms with Crippen LogP contribution in [0.5, 0.6) is 5.75 Å². The lowest BCUT2D eigenvalue weighted by Crippen LogP contribution is -2.45. The van der Waals surface area contributed by atoms with Gasteiger partial charge in [-0.2, -0.15) is 0 Å². The molecule has 1 rings (SSSR count). The molecule has 0 fully saturated rings. The summed E-state index contributed by atoms with van der Waals surface area (Å²) in [4.78, 5) is 0. The Bertz CT molecular complexity index is 570. The molecule has 1 unspecified atom stereocenters. The van der Waals surface area contributed by atoms with Crippen molar-refractivity contribution in [2.24, 2.45) is 0 Å². The number of ether oxygens (including phenoxy) is 1. The Morgan fingerprint density at radius 1 is 1.40 bits per heavy atom. The molecule has 0 amide bonds. The third-order valence-electron chi connectivity index (χ3n) is 3.56. The van der Waals surface area contributed by atoms with Crippen molar-refractivity contribution in [1.29, 1.82) is 0 Å². The Morgan fingerprint density at radius 2 is 2.00 bits per heavy atom. The first-order valence-corrected chi connectivity index (χ1v) is 8.30. The van der Waals surface area contributed by atoms with E-state index in [0.717, 1.165) is 0 Å². The molecule has 1 aromatic carbocycles. The van der Waals surface area contributed by atoms with Gasteiger partial charge in [0, 0.05) is 11.8 Å². The van der Waals surface area contributed by atoms with E-state index in [-0.39, 0.29) is 0 Å². The fraction of sp³-hybridized carbons (Fsp3) is 0.571. The molecule has 0 heterocycles. The molecule has 0 aliphatic carbocycles. The standard InChI is InChI=1S/C14H22FNO3S/c1-6-16-13(14(2,3)20(5,17)18)11-9-10(15)7-8-12(11)19-4/h7-9,13,16H,6H2,1-5H3. The largest absolute Gasteiger partial charge is 0.496 e. The van der Waals surface area contributed by atoms with Gasteiger partial charge in [0.2, 0.25) is 0 Å². The molecule has 6 heteroatoms. The Kier molecular flexibility index (Phi) is 5.15. The number of nitrogens with one attached hydrogen (secondary N) is 1. The van der Waals surface area contributed by atoms with E-state index >= 15 is 0 Å². The monoisotopic (exact) mass is 303 g/mol. The maximum atomic E-state index is 13.5. The van der Waals surface area contributed by atoms with E-state index in [0.29, 0.717) is 17.9 Å². The van der Waals surface area contributed by atoms with Crippen LogP contribution in [-0.4, -0.2) is 33.1 Å². The summed E-state index contributed by atoms with van der Waals surface area (Å²) in [6.07, 6.45) is 1.18. The van der Waals surface area contributed by atoms with Crippen LogP contribution in [0, 0.1) is 5.82 Å². The van der Waals surface area contributed by atoms with E-state index in [2.05, 4.69) is 5.32 Å². The number of hydrogen-bond acceptors (Lipinski definition) is 4. The molecule has 0 saturated carbocycles. The highest BCUT2D eigenvalue weighted by Gasteiger charge is 2.40. The minimum atomic E-state index is -3.35. The number of halogens is 1. The number of methoxy groups -OCH3 is 1. The fourth-order valence-electron chi connectivity index (χ4n) is 2.08. The minimum Gasteiger partial charge on any atom is -0.496 e. The van der Waals surface area contributed by atoms with Crippen molar-refractivity contribution in [1.82, 2.24) is 5.32 Å². The van der Waals surface area contributed by atoms with E-state index in [1.165, 1.54) is 31.6 Å². The van der Waals surface area contributed by atoms with Gasteiger partial charge < -0.3 is 10.1 Å². The Morgan fingerprint density at radius 3 is 2.45 bits per heavy atom. The zero-order valence-electron chi connectivity index (χ0n) is 12.5. The molecule has 0 aliphatic heterocycles. The van der Waals surface area contributed by atoms with Gasteiger partial charge in [-0.15, -0.1) is 0 Å². The lowest BCUT2D eigenvalue weighted by Gasteiger charge is -2.34. The highest BCUT2D eigenvalue weighted by atomic mass is 32.2. The van der Waals surface area contributed by atoms with Crippen molar-refractivity contribution in [2.75, 3.05) is 19.9 Å². The van der Waals surface area contributed by atoms with Crippen LogP contribution >= 0.6 is 0 Å². The van der Waals surface area contributed by atoms with E-state index in [1.807, 2.05) is 6.92 Å². The first-order chi connectivity index (χ1) is 9.15. The highest BCUT2D eigenvalue weighted by Crippen LogP contribution is 2.37. The van der Waals surface area contributed by atoms with Crippen molar-refractivity contribution < 1.29 is 17.5 Å². The second-order valence-corrected chi connectivity index (χ2v) is 7.85. The molecule has 114 valence electrons. The predicted molar refractivity (Wildman–Crippen MR) is 78.3 cm³/mol. The first kappa shape index (κ1) is 16.9. The third-order valence-corrected chi connectivity index (χ3v) is 5.71. The maximum Gasteiger partial charge on any atom is 0.154 e. The smallest absolute Gasteiger partial charge is 0.154 e. The van der Waals surface area contributed by atoms with Crippen LogP contribution in [0.1, 0.15) is 32.4 Å². The molecule has 1 N–H and O–H groups in total. The molecule has 1 atom stereocenters. The van der Waals surface area contributed by atoms with Crippen LogP contribution in [0.2, 0.25) is 0 Å². The van der Waals surface area contributed by atoms with Gasteiger partial charge in [-0.25, -0.2) is 12.8 Å². The molecule has 0 radical (unpaired) electrons. The van der Waals surface area contributed by atoms with Gasteiger partial charge >= 0.3 is 0 Å². The minimum absolute atomic E-state index is 0.423. The Hall–Kier alpha value is -1.14. The summed E-state index contributed by atoms with van der Waals surface area (Å²) in [5, 5.41) is 3.12. The van der Waals surface area contributed by atoms with Crippen molar-refractivity contribution in [3.8, 4) is 5.75 Å². The molecule has 0 aromatic heterocycles. The van der Waals surface area contributed by atoms with Gasteiger partial charge in [-0.3, -0.25) is 0 Å². The summed E-state index contributed by atoms with van der Waals surface area (Å²) < 4.78 is 41.8. The van der Waals surface area contributed by atoms with Gasteiger partial charge in [-0.1, -0.05) is 6.92 Å². The van der Waals surface area contributed by atoms with Crippen molar-refractivity contribution in [2.45, 2.75) is 31.6 Å². The molecule has 0 saturated heterocycles. The maximum absolute atomic E-state index is 13.5. The van der Waals surface area contributed by atoms with Gasteiger partial charge in [0.1, 0.15) is 11.6 Å². The third kappa shape index (κ3) is 3.30. The average molecular weight is 303 g/mol. The molecule has 4 nitrogen and oxygen atoms in total. The van der Waals surface area contributed by atoms with Crippen LogP contribution in [0.4, 0.5) is 4.39 Å². The summed E-state index contributed by atoms with van der Waals surface area (Å²) in [5.74, 6) is 0.0436. The average Bonchev–Trinajstić information content (AvgIpc) is 2.34. The van der Waals surface area contributed by atoms with Crippen LogP contribution in [0.3, 0.4) is 0 Å². The van der Waals surface area contributed by atoms with Crippen LogP contribution in [-0.2, 0) is 9.84 Å². The Labute approximate surface area is 120 Å². The molecule has 0 bridgehead atoms. The van der Waals surface area contributed by atoms with Crippen molar-refractivity contribution in [3.63, 3.8) is 0 Å². The zero-order valence-corrected chi connectivity index (χ0v) is 13.3. The van der Waals surface area contributed by atoms with Gasteiger partial charge in [-0.05, 0) is 38.6 Å². The summed E-state index contributed by atoms with van der Waals surface area (Å²) in [6, 6.07) is 3.55. The molecule has 0 aliphatic rings. The zero-order chi connectivity index (χ0) is 15.6. The van der Waals surface area contributed by atoms with Crippen LogP contribution in [0.15, 0.2) is 18.2 Å². The first-order valence-electron chi connectivity index (χ1n) is 6.41. The quantitative estimate of drug-likeness (QED) is 0.876. The topological polar surface area (TPSA) is 55.4 Å². The van der Waals surface area contributed by atoms with E-state index < -0.39 is 26.4 Å². The number of hydrogen-bond donors (Lipinski definition) is 1. The fourth-order valence-corrected chi connectivity index (χ4v) is 2.72. The molecule has 1 aromatic rings. The van der Waals surface area contributed by atoms with Gasteiger partial charge in [0.25, 0.3) is 0 Å². The van der Waals surface area contributed by atoms with E-state index in [9.17, 15) is 12.8 Å². The molecular formula is C14H22FNO3S. The second kappa shape index (κ2) is 6.10.